The molecule has 0 radical (unpaired) electrons. The molecule has 104 valence electrons. The van der Waals surface area contributed by atoms with E-state index in [1.807, 2.05) is 35.2 Å². The summed E-state index contributed by atoms with van der Waals surface area (Å²) in [4.78, 5) is 14.3. The summed E-state index contributed by atoms with van der Waals surface area (Å²) in [5.41, 5.74) is 7.21. The van der Waals surface area contributed by atoms with Crippen molar-refractivity contribution >= 4 is 5.91 Å². The standard InChI is InChI=1S/C16H24N2O/c17-15(13-14-9-5-4-6-10-14)16(19)18-11-7-2-1-3-8-12-18/h4-6,9-10,15H,1-3,7-8,11-13,17H2. The van der Waals surface area contributed by atoms with Gasteiger partial charge in [0.15, 0.2) is 0 Å². The molecule has 1 heterocycles. The number of nitrogens with two attached hydrogens (primary N) is 1. The summed E-state index contributed by atoms with van der Waals surface area (Å²) in [6, 6.07) is 9.61. The van der Waals surface area contributed by atoms with Gasteiger partial charge in [0, 0.05) is 13.1 Å². The highest BCUT2D eigenvalue weighted by Gasteiger charge is 2.21. The van der Waals surface area contributed by atoms with Crippen LogP contribution in [0, 0.1) is 0 Å². The number of carbonyl (C=O) groups excluding carboxylic acids is 1. The molecule has 0 spiro atoms. The number of amides is 1. The molecule has 3 heteroatoms. The second-order valence-electron chi connectivity index (χ2n) is 5.39. The molecule has 1 aliphatic rings. The Morgan fingerprint density at radius 3 is 2.26 bits per heavy atom. The van der Waals surface area contributed by atoms with E-state index >= 15 is 0 Å². The topological polar surface area (TPSA) is 46.3 Å². The number of likely N-dealkylation sites (tertiary alicyclic amines) is 1. The number of hydrogen-bond acceptors (Lipinski definition) is 2. The van der Waals surface area contributed by atoms with Gasteiger partial charge in [0.1, 0.15) is 0 Å². The molecule has 1 unspecified atom stereocenters. The Balaban J connectivity index is 1.90. The van der Waals surface area contributed by atoms with E-state index in [0.717, 1.165) is 31.5 Å². The van der Waals surface area contributed by atoms with Crippen LogP contribution in [0.15, 0.2) is 30.3 Å². The molecule has 0 bridgehead atoms. The van der Waals surface area contributed by atoms with E-state index in [0.29, 0.717) is 6.42 Å². The third-order valence-corrected chi connectivity index (χ3v) is 3.78. The van der Waals surface area contributed by atoms with Gasteiger partial charge >= 0.3 is 0 Å². The van der Waals surface area contributed by atoms with Gasteiger partial charge in [-0.3, -0.25) is 4.79 Å². The number of benzene rings is 1. The monoisotopic (exact) mass is 260 g/mol. The lowest BCUT2D eigenvalue weighted by molar-refractivity contribution is -0.132. The second-order valence-corrected chi connectivity index (χ2v) is 5.39. The van der Waals surface area contributed by atoms with Gasteiger partial charge in [0.2, 0.25) is 5.91 Å². The van der Waals surface area contributed by atoms with Crippen LogP contribution in [0.4, 0.5) is 0 Å². The van der Waals surface area contributed by atoms with E-state index < -0.39 is 6.04 Å². The maximum atomic E-state index is 12.4. The Hall–Kier alpha value is -1.35. The predicted octanol–water partition coefficient (Wildman–Crippen LogP) is 2.35. The Kier molecular flexibility index (Phi) is 5.40. The highest BCUT2D eigenvalue weighted by atomic mass is 16.2. The van der Waals surface area contributed by atoms with Crippen molar-refractivity contribution in [2.24, 2.45) is 5.73 Å². The van der Waals surface area contributed by atoms with Crippen molar-refractivity contribution in [3.05, 3.63) is 35.9 Å². The normalized spacial score (nSPS) is 18.5. The van der Waals surface area contributed by atoms with Crippen LogP contribution in [0.1, 0.15) is 37.7 Å². The largest absolute Gasteiger partial charge is 0.341 e. The SMILES string of the molecule is NC(Cc1ccccc1)C(=O)N1CCCCCCC1. The highest BCUT2D eigenvalue weighted by Crippen LogP contribution is 2.12. The Bertz CT molecular complexity index is 383. The summed E-state index contributed by atoms with van der Waals surface area (Å²) < 4.78 is 0. The number of rotatable bonds is 3. The van der Waals surface area contributed by atoms with Crippen LogP contribution in [0.2, 0.25) is 0 Å². The lowest BCUT2D eigenvalue weighted by Gasteiger charge is -2.27. The molecular formula is C16H24N2O. The molecule has 2 N–H and O–H groups in total. The molecule has 0 saturated carbocycles. The van der Waals surface area contributed by atoms with Crippen molar-refractivity contribution in [3.8, 4) is 0 Å². The van der Waals surface area contributed by atoms with Crippen molar-refractivity contribution < 1.29 is 4.79 Å². The van der Waals surface area contributed by atoms with Crippen molar-refractivity contribution in [2.45, 2.75) is 44.6 Å². The minimum atomic E-state index is -0.401. The quantitative estimate of drug-likeness (QED) is 0.906. The summed E-state index contributed by atoms with van der Waals surface area (Å²) in [6.07, 6.45) is 6.64. The van der Waals surface area contributed by atoms with Crippen molar-refractivity contribution in [2.75, 3.05) is 13.1 Å². The average molecular weight is 260 g/mol. The fourth-order valence-corrected chi connectivity index (χ4v) is 2.66. The zero-order valence-corrected chi connectivity index (χ0v) is 11.6. The summed E-state index contributed by atoms with van der Waals surface area (Å²) in [5.74, 6) is 0.116. The molecule has 2 rings (SSSR count). The first-order chi connectivity index (χ1) is 9.27. The van der Waals surface area contributed by atoms with Gasteiger partial charge in [0.05, 0.1) is 6.04 Å². The summed E-state index contributed by atoms with van der Waals surface area (Å²) in [7, 11) is 0. The molecule has 3 nitrogen and oxygen atoms in total. The fourth-order valence-electron chi connectivity index (χ4n) is 2.66. The molecule has 1 amide bonds. The van der Waals surface area contributed by atoms with Crippen molar-refractivity contribution in [3.63, 3.8) is 0 Å². The lowest BCUT2D eigenvalue weighted by Crippen LogP contribution is -2.46. The van der Waals surface area contributed by atoms with E-state index in [4.69, 9.17) is 5.73 Å². The smallest absolute Gasteiger partial charge is 0.239 e. The predicted molar refractivity (Wildman–Crippen MR) is 77.8 cm³/mol. The van der Waals surface area contributed by atoms with E-state index in [1.165, 1.54) is 19.3 Å². The highest BCUT2D eigenvalue weighted by molar-refractivity contribution is 5.82. The molecule has 19 heavy (non-hydrogen) atoms. The van der Waals surface area contributed by atoms with Gasteiger partial charge in [-0.05, 0) is 24.8 Å². The molecule has 1 atom stereocenters. The van der Waals surface area contributed by atoms with E-state index in [9.17, 15) is 4.79 Å². The second kappa shape index (κ2) is 7.29. The first-order valence-electron chi connectivity index (χ1n) is 7.35. The maximum absolute atomic E-state index is 12.4. The zero-order chi connectivity index (χ0) is 13.5. The number of hydrogen-bond donors (Lipinski definition) is 1. The summed E-state index contributed by atoms with van der Waals surface area (Å²) in [5, 5.41) is 0. The molecule has 1 aromatic rings. The fraction of sp³-hybridized carbons (Fsp3) is 0.562. The van der Waals surface area contributed by atoms with Crippen LogP contribution in [0.5, 0.6) is 0 Å². The number of carbonyl (C=O) groups is 1. The van der Waals surface area contributed by atoms with Gasteiger partial charge in [-0.1, -0.05) is 49.6 Å². The summed E-state index contributed by atoms with van der Waals surface area (Å²) in [6.45, 7) is 1.75. The lowest BCUT2D eigenvalue weighted by atomic mass is 10.0. The van der Waals surface area contributed by atoms with Gasteiger partial charge < -0.3 is 10.6 Å². The van der Waals surface area contributed by atoms with Crippen LogP contribution in [-0.4, -0.2) is 29.9 Å². The third kappa shape index (κ3) is 4.35. The molecule has 1 saturated heterocycles. The van der Waals surface area contributed by atoms with Gasteiger partial charge in [-0.2, -0.15) is 0 Å². The van der Waals surface area contributed by atoms with Gasteiger partial charge in [-0.25, -0.2) is 0 Å². The van der Waals surface area contributed by atoms with E-state index in [-0.39, 0.29) is 5.91 Å². The van der Waals surface area contributed by atoms with Crippen LogP contribution in [0.3, 0.4) is 0 Å². The molecular weight excluding hydrogens is 236 g/mol. The van der Waals surface area contributed by atoms with Crippen LogP contribution >= 0.6 is 0 Å². The molecule has 1 aliphatic heterocycles. The van der Waals surface area contributed by atoms with Crippen LogP contribution in [0.25, 0.3) is 0 Å². The van der Waals surface area contributed by atoms with E-state index in [1.54, 1.807) is 0 Å². The Morgan fingerprint density at radius 2 is 1.63 bits per heavy atom. The summed E-state index contributed by atoms with van der Waals surface area (Å²) >= 11 is 0. The minimum absolute atomic E-state index is 0.116. The van der Waals surface area contributed by atoms with Crippen molar-refractivity contribution in [1.29, 1.82) is 0 Å². The maximum Gasteiger partial charge on any atom is 0.239 e. The minimum Gasteiger partial charge on any atom is -0.341 e. The average Bonchev–Trinajstić information content (AvgIpc) is 2.39. The van der Waals surface area contributed by atoms with E-state index in [2.05, 4.69) is 0 Å². The molecule has 0 aliphatic carbocycles. The third-order valence-electron chi connectivity index (χ3n) is 3.78. The molecule has 1 aromatic carbocycles. The first-order valence-corrected chi connectivity index (χ1v) is 7.35. The molecule has 1 fully saturated rings. The van der Waals surface area contributed by atoms with Crippen molar-refractivity contribution in [1.82, 2.24) is 4.90 Å². The Morgan fingerprint density at radius 1 is 1.05 bits per heavy atom. The Labute approximate surface area is 115 Å². The van der Waals surface area contributed by atoms with Crippen LogP contribution in [-0.2, 0) is 11.2 Å². The zero-order valence-electron chi connectivity index (χ0n) is 11.6. The van der Waals surface area contributed by atoms with Crippen LogP contribution < -0.4 is 5.73 Å². The number of nitrogens with zero attached hydrogens (tertiary/aromatic N) is 1. The molecule has 0 aromatic heterocycles. The van der Waals surface area contributed by atoms with Gasteiger partial charge in [0.25, 0.3) is 0 Å². The first kappa shape index (κ1) is 14.1. The van der Waals surface area contributed by atoms with Gasteiger partial charge in [-0.15, -0.1) is 0 Å².